The van der Waals surface area contributed by atoms with Gasteiger partial charge in [0, 0.05) is 11.6 Å². The smallest absolute Gasteiger partial charge is 0.172 e. The van der Waals surface area contributed by atoms with E-state index in [-0.39, 0.29) is 17.4 Å². The molecule has 1 N–H and O–H groups in total. The second-order valence-corrected chi connectivity index (χ2v) is 3.98. The Bertz CT molecular complexity index is 376. The van der Waals surface area contributed by atoms with Crippen LogP contribution in [-0.2, 0) is 0 Å². The second-order valence-electron chi connectivity index (χ2n) is 3.98. The topological polar surface area (TPSA) is 21.3 Å². The first-order valence-electron chi connectivity index (χ1n) is 5.49. The van der Waals surface area contributed by atoms with Crippen LogP contribution >= 0.6 is 0 Å². The predicted octanol–water partition coefficient (Wildman–Crippen LogP) is 2.79. The highest BCUT2D eigenvalue weighted by Gasteiger charge is 2.24. The van der Waals surface area contributed by atoms with Gasteiger partial charge in [-0.1, -0.05) is 6.42 Å². The van der Waals surface area contributed by atoms with Crippen LogP contribution in [0.2, 0.25) is 0 Å². The molecule has 0 aliphatic carbocycles. The van der Waals surface area contributed by atoms with Crippen molar-refractivity contribution in [3.05, 3.63) is 29.3 Å². The summed E-state index contributed by atoms with van der Waals surface area (Å²) in [6.45, 7) is 0.806. The Kier molecular flexibility index (Phi) is 3.39. The lowest BCUT2D eigenvalue weighted by molar-refractivity contribution is 0.356. The number of hydrogen-bond acceptors (Lipinski definition) is 2. The van der Waals surface area contributed by atoms with Gasteiger partial charge in [0.25, 0.3) is 0 Å². The van der Waals surface area contributed by atoms with Gasteiger partial charge in [-0.15, -0.1) is 0 Å². The molecule has 0 spiro atoms. The first-order chi connectivity index (χ1) is 7.74. The maximum atomic E-state index is 13.9. The predicted molar refractivity (Wildman–Crippen MR) is 57.5 cm³/mol. The number of rotatable bonds is 2. The molecule has 1 aliphatic heterocycles. The van der Waals surface area contributed by atoms with Gasteiger partial charge in [-0.2, -0.15) is 0 Å². The van der Waals surface area contributed by atoms with Crippen LogP contribution in [0.3, 0.4) is 0 Å². The fraction of sp³-hybridized carbons (Fsp3) is 0.500. The maximum absolute atomic E-state index is 13.9. The van der Waals surface area contributed by atoms with Crippen LogP contribution in [0.15, 0.2) is 12.1 Å². The SMILES string of the molecule is COc1ccc(F)c(C2CCCCN2)c1F. The molecule has 88 valence electrons. The molecule has 0 saturated carbocycles. The summed E-state index contributed by atoms with van der Waals surface area (Å²) in [4.78, 5) is 0. The second kappa shape index (κ2) is 4.78. The number of piperidine rings is 1. The highest BCUT2D eigenvalue weighted by atomic mass is 19.1. The summed E-state index contributed by atoms with van der Waals surface area (Å²) < 4.78 is 32.4. The Balaban J connectivity index is 2.37. The van der Waals surface area contributed by atoms with E-state index in [4.69, 9.17) is 4.74 Å². The van der Waals surface area contributed by atoms with Crippen molar-refractivity contribution >= 4 is 0 Å². The van der Waals surface area contributed by atoms with Crippen molar-refractivity contribution < 1.29 is 13.5 Å². The number of methoxy groups -OCH3 is 1. The molecular weight excluding hydrogens is 212 g/mol. The summed E-state index contributed by atoms with van der Waals surface area (Å²) in [6, 6.07) is 2.34. The normalized spacial score (nSPS) is 20.8. The van der Waals surface area contributed by atoms with Crippen molar-refractivity contribution in [1.29, 1.82) is 0 Å². The minimum Gasteiger partial charge on any atom is -0.494 e. The van der Waals surface area contributed by atoms with E-state index >= 15 is 0 Å². The lowest BCUT2D eigenvalue weighted by Gasteiger charge is -2.25. The van der Waals surface area contributed by atoms with Gasteiger partial charge in [0.1, 0.15) is 5.82 Å². The molecule has 1 unspecified atom stereocenters. The Labute approximate surface area is 93.6 Å². The Morgan fingerprint density at radius 3 is 2.75 bits per heavy atom. The van der Waals surface area contributed by atoms with Gasteiger partial charge in [-0.25, -0.2) is 8.78 Å². The fourth-order valence-corrected chi connectivity index (χ4v) is 2.12. The highest BCUT2D eigenvalue weighted by Crippen LogP contribution is 2.31. The Morgan fingerprint density at radius 1 is 1.31 bits per heavy atom. The van der Waals surface area contributed by atoms with Crippen LogP contribution < -0.4 is 10.1 Å². The monoisotopic (exact) mass is 227 g/mol. The third kappa shape index (κ3) is 2.02. The Hall–Kier alpha value is -1.16. The maximum Gasteiger partial charge on any atom is 0.172 e. The summed E-state index contributed by atoms with van der Waals surface area (Å²) in [5.41, 5.74) is 0.110. The molecule has 1 heterocycles. The summed E-state index contributed by atoms with van der Waals surface area (Å²) in [5.74, 6) is -0.983. The van der Waals surface area contributed by atoms with Gasteiger partial charge in [-0.3, -0.25) is 0 Å². The van der Waals surface area contributed by atoms with E-state index in [9.17, 15) is 8.78 Å². The molecule has 1 aromatic rings. The number of ether oxygens (including phenoxy) is 1. The number of nitrogens with one attached hydrogen (secondary N) is 1. The van der Waals surface area contributed by atoms with Gasteiger partial charge in [-0.05, 0) is 31.5 Å². The van der Waals surface area contributed by atoms with Crippen molar-refractivity contribution in [2.75, 3.05) is 13.7 Å². The molecule has 1 atom stereocenters. The first kappa shape index (κ1) is 11.3. The van der Waals surface area contributed by atoms with Gasteiger partial charge in [0.05, 0.1) is 7.11 Å². The molecule has 1 aliphatic rings. The van der Waals surface area contributed by atoms with E-state index in [0.717, 1.165) is 25.8 Å². The average molecular weight is 227 g/mol. The zero-order valence-electron chi connectivity index (χ0n) is 9.22. The summed E-state index contributed by atoms with van der Waals surface area (Å²) in [6.07, 6.45) is 2.82. The lowest BCUT2D eigenvalue weighted by atomic mass is 9.96. The molecule has 0 aromatic heterocycles. The van der Waals surface area contributed by atoms with E-state index in [1.54, 1.807) is 0 Å². The minimum absolute atomic E-state index is 0.101. The molecule has 0 amide bonds. The molecule has 2 rings (SSSR count). The fourth-order valence-electron chi connectivity index (χ4n) is 2.12. The zero-order chi connectivity index (χ0) is 11.5. The largest absolute Gasteiger partial charge is 0.494 e. The minimum atomic E-state index is -0.582. The quantitative estimate of drug-likeness (QED) is 0.838. The van der Waals surface area contributed by atoms with Crippen LogP contribution in [0.1, 0.15) is 30.9 Å². The zero-order valence-corrected chi connectivity index (χ0v) is 9.22. The van der Waals surface area contributed by atoms with Crippen molar-refractivity contribution in [3.63, 3.8) is 0 Å². The Morgan fingerprint density at radius 2 is 2.12 bits per heavy atom. The van der Waals surface area contributed by atoms with Gasteiger partial charge >= 0.3 is 0 Å². The molecular formula is C12H15F2NO. The van der Waals surface area contributed by atoms with Crippen LogP contribution in [0.25, 0.3) is 0 Å². The van der Waals surface area contributed by atoms with E-state index in [0.29, 0.717) is 0 Å². The van der Waals surface area contributed by atoms with Gasteiger partial charge in [0.15, 0.2) is 11.6 Å². The number of hydrogen-bond donors (Lipinski definition) is 1. The average Bonchev–Trinajstić information content (AvgIpc) is 2.31. The van der Waals surface area contributed by atoms with Crippen LogP contribution in [0, 0.1) is 11.6 Å². The van der Waals surface area contributed by atoms with Crippen LogP contribution in [-0.4, -0.2) is 13.7 Å². The third-order valence-electron chi connectivity index (χ3n) is 2.97. The van der Waals surface area contributed by atoms with E-state index < -0.39 is 11.6 Å². The van der Waals surface area contributed by atoms with Crippen molar-refractivity contribution in [2.45, 2.75) is 25.3 Å². The first-order valence-corrected chi connectivity index (χ1v) is 5.49. The molecule has 1 fully saturated rings. The van der Waals surface area contributed by atoms with E-state index in [1.807, 2.05) is 0 Å². The van der Waals surface area contributed by atoms with Crippen molar-refractivity contribution in [1.82, 2.24) is 5.32 Å². The molecule has 0 radical (unpaired) electrons. The standard InChI is InChI=1S/C12H15F2NO/c1-16-10-6-5-8(13)11(12(10)14)9-4-2-3-7-15-9/h5-6,9,15H,2-4,7H2,1H3. The molecule has 16 heavy (non-hydrogen) atoms. The summed E-state index contributed by atoms with van der Waals surface area (Å²) in [5, 5.41) is 3.13. The summed E-state index contributed by atoms with van der Waals surface area (Å²) in [7, 11) is 1.38. The van der Waals surface area contributed by atoms with E-state index in [2.05, 4.69) is 5.32 Å². The summed E-state index contributed by atoms with van der Waals surface area (Å²) >= 11 is 0. The third-order valence-corrected chi connectivity index (χ3v) is 2.97. The highest BCUT2D eigenvalue weighted by molar-refractivity contribution is 5.34. The van der Waals surface area contributed by atoms with Crippen molar-refractivity contribution in [2.24, 2.45) is 0 Å². The molecule has 1 saturated heterocycles. The lowest BCUT2D eigenvalue weighted by Crippen LogP contribution is -2.28. The molecule has 1 aromatic carbocycles. The van der Waals surface area contributed by atoms with Crippen LogP contribution in [0.4, 0.5) is 8.78 Å². The number of benzene rings is 1. The number of halogens is 2. The van der Waals surface area contributed by atoms with Gasteiger partial charge < -0.3 is 10.1 Å². The van der Waals surface area contributed by atoms with Crippen LogP contribution in [0.5, 0.6) is 5.75 Å². The molecule has 0 bridgehead atoms. The van der Waals surface area contributed by atoms with Crippen molar-refractivity contribution in [3.8, 4) is 5.75 Å². The van der Waals surface area contributed by atoms with Gasteiger partial charge in [0.2, 0.25) is 0 Å². The van der Waals surface area contributed by atoms with E-state index in [1.165, 1.54) is 19.2 Å². The molecule has 2 nitrogen and oxygen atoms in total. The molecule has 4 heteroatoms.